The van der Waals surface area contributed by atoms with Crippen LogP contribution in [0.3, 0.4) is 0 Å². The highest BCUT2D eigenvalue weighted by Gasteiger charge is 2.27. The van der Waals surface area contributed by atoms with E-state index >= 15 is 0 Å². The lowest BCUT2D eigenvalue weighted by Crippen LogP contribution is -2.37. The first kappa shape index (κ1) is 14.2. The predicted octanol–water partition coefficient (Wildman–Crippen LogP) is 2.10. The average Bonchev–Trinajstić information content (AvgIpc) is 2.35. The van der Waals surface area contributed by atoms with Crippen LogP contribution in [0.25, 0.3) is 0 Å². The van der Waals surface area contributed by atoms with Gasteiger partial charge in [-0.3, -0.25) is 4.79 Å². The summed E-state index contributed by atoms with van der Waals surface area (Å²) in [6.07, 6.45) is 1.89. The fourth-order valence-electron chi connectivity index (χ4n) is 2.50. The average molecular weight is 265 g/mol. The van der Waals surface area contributed by atoms with E-state index in [0.717, 1.165) is 19.4 Å². The fourth-order valence-corrected chi connectivity index (χ4v) is 2.50. The van der Waals surface area contributed by atoms with Gasteiger partial charge in [-0.1, -0.05) is 12.1 Å². The van der Waals surface area contributed by atoms with Gasteiger partial charge in [0.05, 0.1) is 11.7 Å². The van der Waals surface area contributed by atoms with Gasteiger partial charge in [0.2, 0.25) is 0 Å². The molecule has 0 heterocycles. The molecule has 104 valence electrons. The maximum Gasteiger partial charge on any atom is 0.167 e. The molecule has 0 atom stereocenters. The van der Waals surface area contributed by atoms with Crippen molar-refractivity contribution in [3.8, 4) is 0 Å². The highest BCUT2D eigenvalue weighted by atomic mass is 19.1. The van der Waals surface area contributed by atoms with Crippen molar-refractivity contribution >= 4 is 5.78 Å². The number of hydrogen-bond acceptors (Lipinski definition) is 3. The predicted molar refractivity (Wildman–Crippen MR) is 71.6 cm³/mol. The minimum Gasteiger partial charge on any atom is -0.393 e. The second kappa shape index (κ2) is 6.26. The Morgan fingerprint density at radius 1 is 1.42 bits per heavy atom. The van der Waals surface area contributed by atoms with Crippen LogP contribution in [-0.4, -0.2) is 42.0 Å². The Morgan fingerprint density at radius 2 is 2.11 bits per heavy atom. The lowest BCUT2D eigenvalue weighted by Gasteiger charge is -2.34. The zero-order valence-corrected chi connectivity index (χ0v) is 11.2. The molecule has 0 aromatic heterocycles. The van der Waals surface area contributed by atoms with Crippen LogP contribution in [0, 0.1) is 11.7 Å². The normalized spacial score (nSPS) is 22.3. The Balaban J connectivity index is 1.75. The van der Waals surface area contributed by atoms with E-state index < -0.39 is 5.82 Å². The molecule has 0 bridgehead atoms. The largest absolute Gasteiger partial charge is 0.393 e. The second-order valence-corrected chi connectivity index (χ2v) is 5.41. The van der Waals surface area contributed by atoms with Gasteiger partial charge in [-0.25, -0.2) is 4.39 Å². The molecule has 1 saturated carbocycles. The van der Waals surface area contributed by atoms with Gasteiger partial charge in [0, 0.05) is 19.5 Å². The van der Waals surface area contributed by atoms with Gasteiger partial charge in [-0.05, 0) is 37.9 Å². The van der Waals surface area contributed by atoms with Gasteiger partial charge in [-0.15, -0.1) is 0 Å². The number of aliphatic hydroxyl groups is 1. The molecule has 4 heteroatoms. The number of benzene rings is 1. The molecule has 2 rings (SSSR count). The molecular formula is C15H20FNO2. The maximum absolute atomic E-state index is 13.4. The Kier molecular flexibility index (Phi) is 4.66. The Morgan fingerprint density at radius 3 is 2.74 bits per heavy atom. The van der Waals surface area contributed by atoms with Crippen LogP contribution in [0.5, 0.6) is 0 Å². The van der Waals surface area contributed by atoms with Crippen LogP contribution in [0.1, 0.15) is 29.6 Å². The molecule has 1 aliphatic carbocycles. The summed E-state index contributed by atoms with van der Waals surface area (Å²) in [5.41, 5.74) is 0.176. The first-order valence-electron chi connectivity index (χ1n) is 6.70. The standard InChI is InChI=1S/C15H20FNO2/c1-17(10-11-8-12(18)9-11)7-6-15(19)13-4-2-3-5-14(13)16/h2-5,11-12,18H,6-10H2,1H3. The zero-order chi connectivity index (χ0) is 13.8. The molecule has 0 spiro atoms. The molecule has 19 heavy (non-hydrogen) atoms. The van der Waals surface area contributed by atoms with E-state index in [4.69, 9.17) is 0 Å². The minimum absolute atomic E-state index is 0.140. The third-order valence-corrected chi connectivity index (χ3v) is 3.68. The number of aliphatic hydroxyl groups excluding tert-OH is 1. The number of Topliss-reactive ketones (excluding diaryl/α,β-unsaturated/α-hetero) is 1. The van der Waals surface area contributed by atoms with Gasteiger partial charge < -0.3 is 10.0 Å². The molecule has 0 unspecified atom stereocenters. The number of carbonyl (C=O) groups is 1. The molecular weight excluding hydrogens is 245 g/mol. The van der Waals surface area contributed by atoms with Gasteiger partial charge in [0.1, 0.15) is 5.82 Å². The highest BCUT2D eigenvalue weighted by molar-refractivity contribution is 5.96. The number of carbonyl (C=O) groups excluding carboxylic acids is 1. The van der Waals surface area contributed by atoms with Crippen molar-refractivity contribution in [1.29, 1.82) is 0 Å². The van der Waals surface area contributed by atoms with E-state index in [1.54, 1.807) is 12.1 Å². The minimum atomic E-state index is -0.447. The van der Waals surface area contributed by atoms with E-state index in [-0.39, 0.29) is 17.5 Å². The topological polar surface area (TPSA) is 40.5 Å². The molecule has 1 N–H and O–H groups in total. The SMILES string of the molecule is CN(CCC(=O)c1ccccc1F)CC1CC(O)C1. The van der Waals surface area contributed by atoms with Gasteiger partial charge >= 0.3 is 0 Å². The van der Waals surface area contributed by atoms with E-state index in [1.807, 2.05) is 7.05 Å². The number of halogens is 1. The molecule has 0 amide bonds. The van der Waals surface area contributed by atoms with Crippen molar-refractivity contribution in [2.24, 2.45) is 5.92 Å². The van der Waals surface area contributed by atoms with E-state index in [2.05, 4.69) is 4.90 Å². The van der Waals surface area contributed by atoms with E-state index in [1.165, 1.54) is 12.1 Å². The van der Waals surface area contributed by atoms with E-state index in [9.17, 15) is 14.3 Å². The molecule has 1 aromatic rings. The fraction of sp³-hybridized carbons (Fsp3) is 0.533. The highest BCUT2D eigenvalue weighted by Crippen LogP contribution is 2.27. The molecule has 1 aromatic carbocycles. The van der Waals surface area contributed by atoms with Crippen molar-refractivity contribution in [3.05, 3.63) is 35.6 Å². The Bertz CT molecular complexity index is 444. The first-order valence-corrected chi connectivity index (χ1v) is 6.70. The van der Waals surface area contributed by atoms with Crippen molar-refractivity contribution < 1.29 is 14.3 Å². The summed E-state index contributed by atoms with van der Waals surface area (Å²) in [5, 5.41) is 9.21. The monoisotopic (exact) mass is 265 g/mol. The molecule has 0 aliphatic heterocycles. The van der Waals surface area contributed by atoms with Gasteiger partial charge in [0.25, 0.3) is 0 Å². The molecule has 0 saturated heterocycles. The summed E-state index contributed by atoms with van der Waals surface area (Å²) >= 11 is 0. The van der Waals surface area contributed by atoms with Crippen LogP contribution in [0.15, 0.2) is 24.3 Å². The van der Waals surface area contributed by atoms with Crippen LogP contribution < -0.4 is 0 Å². The number of ketones is 1. The van der Waals surface area contributed by atoms with E-state index in [0.29, 0.717) is 18.9 Å². The summed E-state index contributed by atoms with van der Waals surface area (Å²) in [4.78, 5) is 14.0. The second-order valence-electron chi connectivity index (χ2n) is 5.41. The molecule has 0 radical (unpaired) electrons. The number of rotatable bonds is 6. The third-order valence-electron chi connectivity index (χ3n) is 3.68. The number of hydrogen-bond donors (Lipinski definition) is 1. The van der Waals surface area contributed by atoms with Crippen molar-refractivity contribution in [2.45, 2.75) is 25.4 Å². The molecule has 3 nitrogen and oxygen atoms in total. The Labute approximate surface area is 113 Å². The molecule has 1 aliphatic rings. The lowest BCUT2D eigenvalue weighted by atomic mass is 9.82. The van der Waals surface area contributed by atoms with Crippen molar-refractivity contribution in [3.63, 3.8) is 0 Å². The Hall–Kier alpha value is -1.26. The number of nitrogens with zero attached hydrogens (tertiary/aromatic N) is 1. The van der Waals surface area contributed by atoms with Gasteiger partial charge in [-0.2, -0.15) is 0 Å². The quantitative estimate of drug-likeness (QED) is 0.801. The summed E-state index contributed by atoms with van der Waals surface area (Å²) in [7, 11) is 1.96. The third kappa shape index (κ3) is 3.85. The zero-order valence-electron chi connectivity index (χ0n) is 11.2. The molecule has 1 fully saturated rings. The smallest absolute Gasteiger partial charge is 0.167 e. The van der Waals surface area contributed by atoms with Crippen LogP contribution in [0.2, 0.25) is 0 Å². The van der Waals surface area contributed by atoms with Crippen LogP contribution >= 0.6 is 0 Å². The van der Waals surface area contributed by atoms with Crippen LogP contribution in [-0.2, 0) is 0 Å². The van der Waals surface area contributed by atoms with Gasteiger partial charge in [0.15, 0.2) is 5.78 Å². The first-order chi connectivity index (χ1) is 9.06. The summed E-state index contributed by atoms with van der Waals surface area (Å²) in [6, 6.07) is 6.10. The summed E-state index contributed by atoms with van der Waals surface area (Å²) < 4.78 is 13.4. The van der Waals surface area contributed by atoms with Crippen LogP contribution in [0.4, 0.5) is 4.39 Å². The van der Waals surface area contributed by atoms with Crippen molar-refractivity contribution in [2.75, 3.05) is 20.1 Å². The summed E-state index contributed by atoms with van der Waals surface area (Å²) in [6.45, 7) is 1.52. The van der Waals surface area contributed by atoms with Crippen molar-refractivity contribution in [1.82, 2.24) is 4.90 Å². The maximum atomic E-state index is 13.4. The summed E-state index contributed by atoms with van der Waals surface area (Å²) in [5.74, 6) is -0.0700. The lowest BCUT2D eigenvalue weighted by molar-refractivity contribution is 0.0281.